The molecule has 2 heteroatoms. The molecule has 0 aliphatic rings. The van der Waals surface area contributed by atoms with E-state index in [0.717, 1.165) is 16.7 Å². The van der Waals surface area contributed by atoms with Crippen molar-refractivity contribution in [2.24, 2.45) is 0 Å². The molecule has 0 fully saturated rings. The highest BCUT2D eigenvalue weighted by atomic mass is 19.1. The Kier molecular flexibility index (Phi) is 2.70. The number of hydrogen-bond acceptors (Lipinski definition) is 1. The van der Waals surface area contributed by atoms with Gasteiger partial charge in [-0.3, -0.25) is 0 Å². The van der Waals surface area contributed by atoms with Crippen LogP contribution in [0.3, 0.4) is 0 Å². The highest BCUT2D eigenvalue weighted by molar-refractivity contribution is 5.66. The maximum absolute atomic E-state index is 12.8. The molecular weight excluding hydrogens is 201 g/mol. The Morgan fingerprint density at radius 3 is 2.25 bits per heavy atom. The highest BCUT2D eigenvalue weighted by Crippen LogP contribution is 2.22. The van der Waals surface area contributed by atoms with Gasteiger partial charge in [0.2, 0.25) is 0 Å². The molecule has 0 N–H and O–H groups in total. The molecule has 0 unspecified atom stereocenters. The number of hydrogen-bond donors (Lipinski definition) is 0. The zero-order chi connectivity index (χ0) is 11.5. The van der Waals surface area contributed by atoms with Gasteiger partial charge in [-0.15, -0.1) is 0 Å². The smallest absolute Gasteiger partial charge is 0.123 e. The fraction of sp³-hybridized carbons (Fsp3) is 0.0714. The third-order valence-corrected chi connectivity index (χ3v) is 2.54. The van der Waals surface area contributed by atoms with Crippen LogP contribution < -0.4 is 0 Å². The van der Waals surface area contributed by atoms with Gasteiger partial charge in [0.1, 0.15) is 5.82 Å². The number of nitrogens with zero attached hydrogens (tertiary/aromatic N) is 1. The van der Waals surface area contributed by atoms with E-state index in [9.17, 15) is 4.39 Å². The first-order valence-electron chi connectivity index (χ1n) is 4.97. The van der Waals surface area contributed by atoms with E-state index in [1.54, 1.807) is 12.1 Å². The molecule has 16 heavy (non-hydrogen) atoms. The lowest BCUT2D eigenvalue weighted by molar-refractivity contribution is 0.628. The summed E-state index contributed by atoms with van der Waals surface area (Å²) in [5, 5.41) is 8.92. The van der Waals surface area contributed by atoms with E-state index in [-0.39, 0.29) is 5.82 Å². The van der Waals surface area contributed by atoms with Crippen LogP contribution in [0.4, 0.5) is 4.39 Å². The number of rotatable bonds is 1. The summed E-state index contributed by atoms with van der Waals surface area (Å²) in [7, 11) is 0. The van der Waals surface area contributed by atoms with Gasteiger partial charge in [-0.1, -0.05) is 24.3 Å². The number of aryl methyl sites for hydroxylation is 1. The van der Waals surface area contributed by atoms with Crippen molar-refractivity contribution < 1.29 is 4.39 Å². The van der Waals surface area contributed by atoms with Crippen molar-refractivity contribution in [3.05, 3.63) is 59.4 Å². The lowest BCUT2D eigenvalue weighted by atomic mass is 10.0. The molecule has 0 aliphatic heterocycles. The van der Waals surface area contributed by atoms with E-state index in [1.807, 2.05) is 25.1 Å². The zero-order valence-corrected chi connectivity index (χ0v) is 8.87. The quantitative estimate of drug-likeness (QED) is 0.706. The molecule has 2 aromatic rings. The Balaban J connectivity index is 2.49. The van der Waals surface area contributed by atoms with Crippen molar-refractivity contribution in [2.45, 2.75) is 6.92 Å². The first-order chi connectivity index (χ1) is 7.70. The Hall–Kier alpha value is -2.14. The first kappa shape index (κ1) is 10.4. The maximum atomic E-state index is 12.8. The summed E-state index contributed by atoms with van der Waals surface area (Å²) in [5.41, 5.74) is 3.45. The second-order valence-electron chi connectivity index (χ2n) is 3.65. The van der Waals surface area contributed by atoms with Gasteiger partial charge in [0.15, 0.2) is 0 Å². The number of benzene rings is 2. The lowest BCUT2D eigenvalue weighted by Gasteiger charge is -2.03. The van der Waals surface area contributed by atoms with Crippen LogP contribution in [0.1, 0.15) is 11.1 Å². The van der Waals surface area contributed by atoms with E-state index < -0.39 is 0 Å². The fourth-order valence-electron chi connectivity index (χ4n) is 1.56. The summed E-state index contributed by atoms with van der Waals surface area (Å²) in [4.78, 5) is 0. The van der Waals surface area contributed by atoms with Gasteiger partial charge in [0.25, 0.3) is 0 Å². The van der Waals surface area contributed by atoms with Crippen LogP contribution in [0.25, 0.3) is 11.1 Å². The molecule has 1 nitrogen and oxygen atoms in total. The van der Waals surface area contributed by atoms with Gasteiger partial charge in [-0.25, -0.2) is 4.39 Å². The Morgan fingerprint density at radius 1 is 1.00 bits per heavy atom. The molecule has 2 aromatic carbocycles. The lowest BCUT2D eigenvalue weighted by Crippen LogP contribution is -1.85. The molecule has 2 rings (SSSR count). The minimum absolute atomic E-state index is 0.253. The molecule has 0 atom stereocenters. The Labute approximate surface area is 93.8 Å². The molecule has 0 bridgehead atoms. The van der Waals surface area contributed by atoms with Crippen LogP contribution in [0.5, 0.6) is 0 Å². The van der Waals surface area contributed by atoms with Crippen molar-refractivity contribution in [2.75, 3.05) is 0 Å². The number of nitriles is 1. The van der Waals surface area contributed by atoms with Crippen LogP contribution >= 0.6 is 0 Å². The number of halogens is 1. The predicted octanol–water partition coefficient (Wildman–Crippen LogP) is 3.67. The van der Waals surface area contributed by atoms with Crippen LogP contribution in [0, 0.1) is 24.1 Å². The second-order valence-corrected chi connectivity index (χ2v) is 3.65. The summed E-state index contributed by atoms with van der Waals surface area (Å²) in [6.45, 7) is 1.90. The summed E-state index contributed by atoms with van der Waals surface area (Å²) in [5.74, 6) is -0.253. The average Bonchev–Trinajstić information content (AvgIpc) is 2.31. The SMILES string of the molecule is Cc1ccc(-c2ccc(F)cc2)cc1C#N. The van der Waals surface area contributed by atoms with Crippen molar-refractivity contribution in [1.82, 2.24) is 0 Å². The van der Waals surface area contributed by atoms with Crippen molar-refractivity contribution in [1.29, 1.82) is 5.26 Å². The summed E-state index contributed by atoms with van der Waals surface area (Å²) < 4.78 is 12.8. The standard InChI is InChI=1S/C14H10FN/c1-10-2-3-12(8-13(10)9-16)11-4-6-14(15)7-5-11/h2-8H,1H3. The third-order valence-electron chi connectivity index (χ3n) is 2.54. The predicted molar refractivity (Wildman–Crippen MR) is 61.3 cm³/mol. The molecule has 0 saturated heterocycles. The molecule has 0 aromatic heterocycles. The van der Waals surface area contributed by atoms with E-state index in [2.05, 4.69) is 6.07 Å². The minimum atomic E-state index is -0.253. The minimum Gasteiger partial charge on any atom is -0.207 e. The molecule has 0 aliphatic carbocycles. The Morgan fingerprint density at radius 2 is 1.62 bits per heavy atom. The van der Waals surface area contributed by atoms with Crippen LogP contribution in [-0.2, 0) is 0 Å². The topological polar surface area (TPSA) is 23.8 Å². The van der Waals surface area contributed by atoms with E-state index >= 15 is 0 Å². The van der Waals surface area contributed by atoms with Crippen molar-refractivity contribution in [3.8, 4) is 17.2 Å². The van der Waals surface area contributed by atoms with Gasteiger partial charge < -0.3 is 0 Å². The largest absolute Gasteiger partial charge is 0.207 e. The van der Waals surface area contributed by atoms with Crippen LogP contribution in [0.2, 0.25) is 0 Å². The molecule has 0 spiro atoms. The Bertz CT molecular complexity index is 550. The average molecular weight is 211 g/mol. The molecular formula is C14H10FN. The maximum Gasteiger partial charge on any atom is 0.123 e. The van der Waals surface area contributed by atoms with Crippen LogP contribution in [0.15, 0.2) is 42.5 Å². The van der Waals surface area contributed by atoms with Gasteiger partial charge in [-0.05, 0) is 41.8 Å². The molecule has 78 valence electrons. The van der Waals surface area contributed by atoms with Gasteiger partial charge in [-0.2, -0.15) is 5.26 Å². The molecule has 0 heterocycles. The van der Waals surface area contributed by atoms with E-state index in [4.69, 9.17) is 5.26 Å². The first-order valence-corrected chi connectivity index (χ1v) is 4.97. The van der Waals surface area contributed by atoms with E-state index in [0.29, 0.717) is 5.56 Å². The van der Waals surface area contributed by atoms with Gasteiger partial charge in [0, 0.05) is 0 Å². The molecule has 0 saturated carbocycles. The van der Waals surface area contributed by atoms with Gasteiger partial charge in [0.05, 0.1) is 11.6 Å². The summed E-state index contributed by atoms with van der Waals surface area (Å²) in [6, 6.07) is 14.1. The summed E-state index contributed by atoms with van der Waals surface area (Å²) >= 11 is 0. The third kappa shape index (κ3) is 1.94. The zero-order valence-electron chi connectivity index (χ0n) is 8.87. The highest BCUT2D eigenvalue weighted by Gasteiger charge is 2.02. The van der Waals surface area contributed by atoms with E-state index in [1.165, 1.54) is 12.1 Å². The second kappa shape index (κ2) is 4.16. The van der Waals surface area contributed by atoms with Gasteiger partial charge >= 0.3 is 0 Å². The normalized spacial score (nSPS) is 9.81. The molecule has 0 radical (unpaired) electrons. The van der Waals surface area contributed by atoms with Crippen LogP contribution in [-0.4, -0.2) is 0 Å². The summed E-state index contributed by atoms with van der Waals surface area (Å²) in [6.07, 6.45) is 0. The van der Waals surface area contributed by atoms with Crippen molar-refractivity contribution in [3.63, 3.8) is 0 Å². The molecule has 0 amide bonds. The monoisotopic (exact) mass is 211 g/mol. The fourth-order valence-corrected chi connectivity index (χ4v) is 1.56. The van der Waals surface area contributed by atoms with Crippen molar-refractivity contribution >= 4 is 0 Å².